The molecule has 3 aromatic rings. The molecular formula is C31H39NO6. The third-order valence-electron chi connectivity index (χ3n) is 6.92. The zero-order valence-electron chi connectivity index (χ0n) is 23.4. The normalized spacial score (nSPS) is 15.0. The fourth-order valence-corrected chi connectivity index (χ4v) is 4.82. The lowest BCUT2D eigenvalue weighted by atomic mass is 9.97. The van der Waals surface area contributed by atoms with Gasteiger partial charge in [0.25, 0.3) is 5.91 Å². The van der Waals surface area contributed by atoms with Gasteiger partial charge in [0.1, 0.15) is 5.58 Å². The van der Waals surface area contributed by atoms with E-state index in [0.29, 0.717) is 60.8 Å². The summed E-state index contributed by atoms with van der Waals surface area (Å²) < 4.78 is 23.8. The van der Waals surface area contributed by atoms with E-state index in [1.54, 1.807) is 4.90 Å². The van der Waals surface area contributed by atoms with Gasteiger partial charge in [-0.3, -0.25) is 9.59 Å². The van der Waals surface area contributed by atoms with Gasteiger partial charge in [-0.2, -0.15) is 0 Å². The fraction of sp³-hybridized carbons (Fsp3) is 0.484. The summed E-state index contributed by atoms with van der Waals surface area (Å²) in [6.07, 6.45) is 2.71. The van der Waals surface area contributed by atoms with E-state index in [0.717, 1.165) is 29.5 Å². The summed E-state index contributed by atoms with van der Waals surface area (Å²) in [5.41, 5.74) is 3.42. The third kappa shape index (κ3) is 5.58. The van der Waals surface area contributed by atoms with E-state index in [2.05, 4.69) is 6.92 Å². The minimum absolute atomic E-state index is 0.103. The van der Waals surface area contributed by atoms with Crippen LogP contribution in [0.25, 0.3) is 11.0 Å². The first-order chi connectivity index (χ1) is 18.3. The van der Waals surface area contributed by atoms with Gasteiger partial charge in [-0.05, 0) is 88.4 Å². The van der Waals surface area contributed by atoms with E-state index in [1.807, 2.05) is 65.0 Å². The molecule has 0 radical (unpaired) electrons. The molecule has 38 heavy (non-hydrogen) atoms. The van der Waals surface area contributed by atoms with Gasteiger partial charge in [-0.15, -0.1) is 0 Å². The summed E-state index contributed by atoms with van der Waals surface area (Å²) in [7, 11) is 0. The van der Waals surface area contributed by atoms with Crippen molar-refractivity contribution in [2.45, 2.75) is 73.0 Å². The number of hydrogen-bond donors (Lipinski definition) is 0. The molecule has 4 rings (SSSR count). The van der Waals surface area contributed by atoms with Crippen LogP contribution in [-0.4, -0.2) is 43.3 Å². The highest BCUT2D eigenvalue weighted by Crippen LogP contribution is 2.41. The van der Waals surface area contributed by atoms with Crippen LogP contribution < -0.4 is 14.9 Å². The molecule has 1 aliphatic rings. The molecule has 204 valence electrons. The molecule has 7 nitrogen and oxygen atoms in total. The number of amides is 1. The predicted molar refractivity (Wildman–Crippen MR) is 149 cm³/mol. The van der Waals surface area contributed by atoms with Crippen molar-refractivity contribution >= 4 is 16.9 Å². The largest absolute Gasteiger partial charge is 0.490 e. The quantitative estimate of drug-likeness (QED) is 0.259. The molecule has 1 unspecified atom stereocenters. The maximum atomic E-state index is 13.9. The lowest BCUT2D eigenvalue weighted by Crippen LogP contribution is -2.31. The number of rotatable bonds is 12. The molecule has 1 atom stereocenters. The van der Waals surface area contributed by atoms with E-state index in [-0.39, 0.29) is 23.2 Å². The lowest BCUT2D eigenvalue weighted by molar-refractivity contribution is 0.0593. The number of carbonyl (C=O) groups excluding carboxylic acids is 1. The van der Waals surface area contributed by atoms with E-state index < -0.39 is 6.04 Å². The Bertz CT molecular complexity index is 1360. The third-order valence-corrected chi connectivity index (χ3v) is 6.92. The molecule has 0 saturated heterocycles. The van der Waals surface area contributed by atoms with Gasteiger partial charge in [0.15, 0.2) is 16.9 Å². The highest BCUT2D eigenvalue weighted by Gasteiger charge is 2.42. The lowest BCUT2D eigenvalue weighted by Gasteiger charge is -2.26. The van der Waals surface area contributed by atoms with Crippen LogP contribution >= 0.6 is 0 Å². The first-order valence-corrected chi connectivity index (χ1v) is 13.7. The van der Waals surface area contributed by atoms with Crippen LogP contribution in [0.15, 0.2) is 39.5 Å². The summed E-state index contributed by atoms with van der Waals surface area (Å²) in [5.74, 6) is 1.08. The molecule has 0 aliphatic carbocycles. The average molecular weight is 522 g/mol. The van der Waals surface area contributed by atoms with E-state index in [4.69, 9.17) is 18.6 Å². The van der Waals surface area contributed by atoms with Crippen LogP contribution in [0.5, 0.6) is 11.5 Å². The Hall–Kier alpha value is -3.32. The number of ether oxygens (including phenoxy) is 3. The van der Waals surface area contributed by atoms with Crippen LogP contribution in [0.4, 0.5) is 0 Å². The molecule has 1 amide bonds. The van der Waals surface area contributed by atoms with E-state index >= 15 is 0 Å². The van der Waals surface area contributed by atoms with Crippen molar-refractivity contribution in [2.24, 2.45) is 0 Å². The second-order valence-corrected chi connectivity index (χ2v) is 10.1. The van der Waals surface area contributed by atoms with Crippen molar-refractivity contribution in [3.63, 3.8) is 0 Å². The number of aryl methyl sites for hydroxylation is 2. The molecule has 0 spiro atoms. The first-order valence-electron chi connectivity index (χ1n) is 13.7. The molecule has 0 N–H and O–H groups in total. The number of unbranched alkanes of at least 4 members (excludes halogenated alkanes) is 1. The molecular weight excluding hydrogens is 482 g/mol. The van der Waals surface area contributed by atoms with Gasteiger partial charge in [-0.1, -0.05) is 19.4 Å². The molecule has 1 aromatic heterocycles. The standard InChI is InChI=1S/C31H39NO6/c1-7-9-14-37-24-12-11-22(18-26(24)35-8-2)28-27-29(33)23-16-20(5)21(6)17-25(23)38-30(27)31(34)32(28)13-10-15-36-19(3)4/h11-12,16-19,28H,7-10,13-15H2,1-6H3. The minimum atomic E-state index is -0.595. The van der Waals surface area contributed by atoms with Crippen LogP contribution in [0, 0.1) is 13.8 Å². The second kappa shape index (κ2) is 12.0. The average Bonchev–Trinajstić information content (AvgIpc) is 3.16. The van der Waals surface area contributed by atoms with Gasteiger partial charge in [0.05, 0.1) is 36.3 Å². The Morgan fingerprint density at radius 1 is 0.947 bits per heavy atom. The summed E-state index contributed by atoms with van der Waals surface area (Å²) in [5, 5.41) is 0.485. The zero-order chi connectivity index (χ0) is 27.4. The molecule has 2 heterocycles. The SMILES string of the molecule is CCCCOc1ccc(C2c3c(oc4cc(C)c(C)cc4c3=O)C(=O)N2CCCOC(C)C)cc1OCC. The first kappa shape index (κ1) is 27.7. The van der Waals surface area contributed by atoms with Gasteiger partial charge in [0, 0.05) is 13.2 Å². The topological polar surface area (TPSA) is 78.2 Å². The Morgan fingerprint density at radius 3 is 2.42 bits per heavy atom. The van der Waals surface area contributed by atoms with Crippen molar-refractivity contribution in [1.29, 1.82) is 0 Å². The maximum absolute atomic E-state index is 13.9. The summed E-state index contributed by atoms with van der Waals surface area (Å²) >= 11 is 0. The predicted octanol–water partition coefficient (Wildman–Crippen LogP) is 6.35. The molecule has 0 fully saturated rings. The van der Waals surface area contributed by atoms with Crippen molar-refractivity contribution in [2.75, 3.05) is 26.4 Å². The van der Waals surface area contributed by atoms with Gasteiger partial charge >= 0.3 is 0 Å². The van der Waals surface area contributed by atoms with Crippen LogP contribution in [-0.2, 0) is 4.74 Å². The van der Waals surface area contributed by atoms with Gasteiger partial charge in [0.2, 0.25) is 5.76 Å². The Kier molecular flexibility index (Phi) is 8.77. The monoisotopic (exact) mass is 521 g/mol. The van der Waals surface area contributed by atoms with Gasteiger partial charge < -0.3 is 23.5 Å². The van der Waals surface area contributed by atoms with Crippen molar-refractivity contribution in [3.8, 4) is 11.5 Å². The number of nitrogens with zero attached hydrogens (tertiary/aromatic N) is 1. The fourth-order valence-electron chi connectivity index (χ4n) is 4.82. The maximum Gasteiger partial charge on any atom is 0.290 e. The Labute approximate surface area is 224 Å². The number of hydrogen-bond acceptors (Lipinski definition) is 6. The van der Waals surface area contributed by atoms with Crippen LogP contribution in [0.3, 0.4) is 0 Å². The van der Waals surface area contributed by atoms with Crippen molar-refractivity contribution in [1.82, 2.24) is 4.90 Å². The van der Waals surface area contributed by atoms with E-state index in [1.165, 1.54) is 0 Å². The highest BCUT2D eigenvalue weighted by atomic mass is 16.5. The van der Waals surface area contributed by atoms with Crippen molar-refractivity contribution < 1.29 is 23.4 Å². The van der Waals surface area contributed by atoms with E-state index in [9.17, 15) is 9.59 Å². The molecule has 0 saturated carbocycles. The van der Waals surface area contributed by atoms with Crippen molar-refractivity contribution in [3.05, 3.63) is 68.6 Å². The minimum Gasteiger partial charge on any atom is -0.490 e. The Morgan fingerprint density at radius 2 is 1.71 bits per heavy atom. The number of carbonyl (C=O) groups is 1. The molecule has 2 aromatic carbocycles. The number of fused-ring (bicyclic) bond motifs is 2. The Balaban J connectivity index is 1.82. The highest BCUT2D eigenvalue weighted by molar-refractivity contribution is 5.99. The smallest absolute Gasteiger partial charge is 0.290 e. The summed E-state index contributed by atoms with van der Waals surface area (Å²) in [4.78, 5) is 29.3. The number of benzene rings is 2. The zero-order valence-corrected chi connectivity index (χ0v) is 23.4. The molecule has 7 heteroatoms. The molecule has 0 bridgehead atoms. The van der Waals surface area contributed by atoms with Crippen LogP contribution in [0.1, 0.15) is 85.8 Å². The molecule has 1 aliphatic heterocycles. The summed E-state index contributed by atoms with van der Waals surface area (Å²) in [6, 6.07) is 8.77. The van der Waals surface area contributed by atoms with Crippen LogP contribution in [0.2, 0.25) is 0 Å². The van der Waals surface area contributed by atoms with Gasteiger partial charge in [-0.25, -0.2) is 0 Å². The summed E-state index contributed by atoms with van der Waals surface area (Å²) in [6.45, 7) is 13.9. The second-order valence-electron chi connectivity index (χ2n) is 10.1.